The van der Waals surface area contributed by atoms with E-state index in [1.165, 1.54) is 4.90 Å². The summed E-state index contributed by atoms with van der Waals surface area (Å²) in [4.78, 5) is 39.9. The number of pyridine rings is 1. The summed E-state index contributed by atoms with van der Waals surface area (Å²) in [7, 11) is 0. The summed E-state index contributed by atoms with van der Waals surface area (Å²) in [6, 6.07) is 15.2. The Morgan fingerprint density at radius 1 is 1.14 bits per heavy atom. The lowest BCUT2D eigenvalue weighted by molar-refractivity contribution is -0.132. The zero-order valence-electron chi connectivity index (χ0n) is 20.2. The molecule has 5 rings (SSSR count). The number of nitrogens with one attached hydrogen (secondary N) is 1. The number of aromatic amines is 1. The fourth-order valence-electron chi connectivity index (χ4n) is 4.55. The van der Waals surface area contributed by atoms with Gasteiger partial charge in [-0.25, -0.2) is 4.98 Å². The number of ether oxygens (including phenoxy) is 1. The minimum atomic E-state index is -0.909. The first-order valence-corrected chi connectivity index (χ1v) is 11.8. The smallest absolute Gasteiger partial charge is 0.302 e. The molecule has 36 heavy (non-hydrogen) atoms. The van der Waals surface area contributed by atoms with Gasteiger partial charge >= 0.3 is 5.91 Å². The van der Waals surface area contributed by atoms with Gasteiger partial charge in [-0.15, -0.1) is 0 Å². The molecule has 4 aromatic rings. The van der Waals surface area contributed by atoms with E-state index in [0.717, 1.165) is 16.8 Å². The summed E-state index contributed by atoms with van der Waals surface area (Å²) >= 11 is 0. The number of imidazole rings is 1. The van der Waals surface area contributed by atoms with Crippen LogP contribution in [0.5, 0.6) is 5.75 Å². The number of aromatic nitrogens is 3. The van der Waals surface area contributed by atoms with Crippen LogP contribution in [0, 0.1) is 0 Å². The van der Waals surface area contributed by atoms with Crippen LogP contribution in [0.4, 0.5) is 5.95 Å². The van der Waals surface area contributed by atoms with Gasteiger partial charge in [-0.05, 0) is 60.4 Å². The maximum atomic E-state index is 13.4. The number of fused-ring (bicyclic) bond motifs is 1. The first-order chi connectivity index (χ1) is 17.4. The van der Waals surface area contributed by atoms with E-state index in [1.54, 1.807) is 42.7 Å². The maximum Gasteiger partial charge on any atom is 0.302 e. The van der Waals surface area contributed by atoms with E-state index < -0.39 is 17.7 Å². The number of para-hydroxylation sites is 2. The number of aliphatic hydroxyl groups excluding tert-OH is 1. The molecule has 1 unspecified atom stereocenters. The second-order valence-electron chi connectivity index (χ2n) is 8.87. The molecular formula is C28H26N4O4. The molecule has 2 aromatic heterocycles. The molecule has 1 aliphatic rings. The molecule has 1 aliphatic heterocycles. The normalized spacial score (nSPS) is 17.3. The second-order valence-corrected chi connectivity index (χ2v) is 8.87. The Morgan fingerprint density at radius 2 is 1.94 bits per heavy atom. The standard InChI is InChI=1S/C28H26N4O4/c1-4-36-22-12-11-17(14-19(22)16(2)3)25(33)23-24(18-8-7-13-29-15-18)32(27(35)26(23)34)28-30-20-9-5-6-10-21(20)31-28/h5-16,24,33H,4H2,1-3H3,(H,30,31)/b25-23+. The van der Waals surface area contributed by atoms with Gasteiger partial charge in [0.15, 0.2) is 0 Å². The molecule has 8 nitrogen and oxygen atoms in total. The van der Waals surface area contributed by atoms with Crippen molar-refractivity contribution in [2.24, 2.45) is 0 Å². The molecule has 3 heterocycles. The molecule has 2 aromatic carbocycles. The molecule has 0 spiro atoms. The van der Waals surface area contributed by atoms with Crippen LogP contribution in [0.1, 0.15) is 49.4 Å². The van der Waals surface area contributed by atoms with Gasteiger partial charge in [0, 0.05) is 18.0 Å². The summed E-state index contributed by atoms with van der Waals surface area (Å²) in [6.07, 6.45) is 3.19. The first-order valence-electron chi connectivity index (χ1n) is 11.8. The quantitative estimate of drug-likeness (QED) is 0.225. The third-order valence-corrected chi connectivity index (χ3v) is 6.25. The van der Waals surface area contributed by atoms with Crippen molar-refractivity contribution in [1.82, 2.24) is 15.0 Å². The third kappa shape index (κ3) is 3.90. The van der Waals surface area contributed by atoms with Crippen LogP contribution in [-0.4, -0.2) is 38.4 Å². The van der Waals surface area contributed by atoms with Crippen molar-refractivity contribution < 1.29 is 19.4 Å². The van der Waals surface area contributed by atoms with E-state index in [-0.39, 0.29) is 23.2 Å². The van der Waals surface area contributed by atoms with Gasteiger partial charge in [0.05, 0.1) is 29.3 Å². The van der Waals surface area contributed by atoms with Crippen LogP contribution in [0.25, 0.3) is 16.8 Å². The number of Topliss-reactive ketones (excluding diaryl/α,β-unsaturated/α-hetero) is 1. The molecule has 1 saturated heterocycles. The summed E-state index contributed by atoms with van der Waals surface area (Å²) in [5.41, 5.74) is 3.27. The third-order valence-electron chi connectivity index (χ3n) is 6.25. The molecule has 0 radical (unpaired) electrons. The van der Waals surface area contributed by atoms with Crippen LogP contribution in [0.2, 0.25) is 0 Å². The summed E-state index contributed by atoms with van der Waals surface area (Å²) in [5, 5.41) is 11.5. The van der Waals surface area contributed by atoms with E-state index >= 15 is 0 Å². The summed E-state index contributed by atoms with van der Waals surface area (Å²) in [6.45, 7) is 6.47. The topological polar surface area (TPSA) is 108 Å². The van der Waals surface area contributed by atoms with Gasteiger partial charge in [-0.1, -0.05) is 32.0 Å². The fraction of sp³-hybridized carbons (Fsp3) is 0.214. The van der Waals surface area contributed by atoms with E-state index in [2.05, 4.69) is 15.0 Å². The molecule has 8 heteroatoms. The molecule has 0 aliphatic carbocycles. The van der Waals surface area contributed by atoms with Gasteiger partial charge in [-0.2, -0.15) is 0 Å². The van der Waals surface area contributed by atoms with Gasteiger partial charge in [0.2, 0.25) is 5.95 Å². The molecule has 0 saturated carbocycles. The predicted molar refractivity (Wildman–Crippen MR) is 137 cm³/mol. The number of H-pyrrole nitrogens is 1. The van der Waals surface area contributed by atoms with Gasteiger partial charge in [0.25, 0.3) is 5.78 Å². The van der Waals surface area contributed by atoms with E-state index in [0.29, 0.717) is 23.3 Å². The van der Waals surface area contributed by atoms with Crippen LogP contribution in [-0.2, 0) is 9.59 Å². The van der Waals surface area contributed by atoms with Crippen molar-refractivity contribution in [3.05, 3.63) is 89.3 Å². The highest BCUT2D eigenvalue weighted by Gasteiger charge is 2.48. The first kappa shape index (κ1) is 23.3. The lowest BCUT2D eigenvalue weighted by Crippen LogP contribution is -2.30. The number of rotatable bonds is 6. The molecule has 1 fully saturated rings. The minimum Gasteiger partial charge on any atom is -0.507 e. The Balaban J connectivity index is 1.70. The van der Waals surface area contributed by atoms with Crippen LogP contribution < -0.4 is 9.64 Å². The maximum absolute atomic E-state index is 13.4. The summed E-state index contributed by atoms with van der Waals surface area (Å²) in [5.74, 6) is -0.769. The van der Waals surface area contributed by atoms with Crippen molar-refractivity contribution in [3.63, 3.8) is 0 Å². The number of amides is 1. The van der Waals surface area contributed by atoms with Gasteiger partial charge in [-0.3, -0.25) is 19.5 Å². The van der Waals surface area contributed by atoms with Crippen molar-refractivity contribution in [1.29, 1.82) is 0 Å². The molecule has 182 valence electrons. The fourth-order valence-corrected chi connectivity index (χ4v) is 4.55. The Morgan fingerprint density at radius 3 is 2.64 bits per heavy atom. The van der Waals surface area contributed by atoms with Crippen LogP contribution in [0.3, 0.4) is 0 Å². The van der Waals surface area contributed by atoms with Crippen molar-refractivity contribution in [3.8, 4) is 5.75 Å². The number of hydrogen-bond donors (Lipinski definition) is 2. The zero-order chi connectivity index (χ0) is 25.4. The molecule has 1 amide bonds. The Bertz CT molecular complexity index is 1460. The second kappa shape index (κ2) is 9.30. The van der Waals surface area contributed by atoms with Crippen molar-refractivity contribution in [2.75, 3.05) is 11.5 Å². The van der Waals surface area contributed by atoms with Gasteiger partial charge < -0.3 is 14.8 Å². The molecule has 2 N–H and O–H groups in total. The average Bonchev–Trinajstić information content (AvgIpc) is 3.43. The lowest BCUT2D eigenvalue weighted by Gasteiger charge is -2.23. The van der Waals surface area contributed by atoms with E-state index in [4.69, 9.17) is 4.74 Å². The number of carbonyl (C=O) groups is 2. The number of anilines is 1. The van der Waals surface area contributed by atoms with Crippen molar-refractivity contribution in [2.45, 2.75) is 32.7 Å². The monoisotopic (exact) mass is 482 g/mol. The summed E-state index contributed by atoms with van der Waals surface area (Å²) < 4.78 is 5.74. The highest BCUT2D eigenvalue weighted by molar-refractivity contribution is 6.51. The highest BCUT2D eigenvalue weighted by Crippen LogP contribution is 2.42. The number of benzene rings is 2. The van der Waals surface area contributed by atoms with Crippen LogP contribution >= 0.6 is 0 Å². The molecule has 0 bridgehead atoms. The van der Waals surface area contributed by atoms with E-state index in [9.17, 15) is 14.7 Å². The van der Waals surface area contributed by atoms with Crippen LogP contribution in [0.15, 0.2) is 72.6 Å². The Labute approximate surface area is 208 Å². The average molecular weight is 483 g/mol. The number of aliphatic hydroxyl groups is 1. The lowest BCUT2D eigenvalue weighted by atomic mass is 9.94. The van der Waals surface area contributed by atoms with Gasteiger partial charge in [0.1, 0.15) is 11.5 Å². The number of nitrogens with zero attached hydrogens (tertiary/aromatic N) is 3. The largest absolute Gasteiger partial charge is 0.507 e. The van der Waals surface area contributed by atoms with Crippen molar-refractivity contribution >= 4 is 34.4 Å². The number of carbonyl (C=O) groups excluding carboxylic acids is 2. The molecule has 1 atom stereocenters. The Kier molecular flexibility index (Phi) is 6.01. The number of ketones is 1. The Hall–Kier alpha value is -4.46. The van der Waals surface area contributed by atoms with E-state index in [1.807, 2.05) is 45.0 Å². The highest BCUT2D eigenvalue weighted by atomic mass is 16.5. The minimum absolute atomic E-state index is 0.0210. The SMILES string of the molecule is CCOc1ccc(/C(O)=C2\C(=O)C(=O)N(c3nc4ccccc4[nH]3)C2c2cccnc2)cc1C(C)C. The zero-order valence-corrected chi connectivity index (χ0v) is 20.2. The predicted octanol–water partition coefficient (Wildman–Crippen LogP) is 5.11. The number of hydrogen-bond acceptors (Lipinski definition) is 6. The molecular weight excluding hydrogens is 456 g/mol.